The molecule has 4 rings (SSSR count). The van der Waals surface area contributed by atoms with Gasteiger partial charge >= 0.3 is 12.1 Å². The first-order valence-corrected chi connectivity index (χ1v) is 12.8. The highest BCUT2D eigenvalue weighted by Gasteiger charge is 2.29. The van der Waals surface area contributed by atoms with Gasteiger partial charge < -0.3 is 29.2 Å². The number of ether oxygens (including phenoxy) is 4. The molecular formula is C27H34FN5O6. The van der Waals surface area contributed by atoms with E-state index in [1.165, 1.54) is 22.8 Å². The molecular weight excluding hydrogens is 509 g/mol. The van der Waals surface area contributed by atoms with E-state index >= 15 is 0 Å². The first kappa shape index (κ1) is 27.9. The van der Waals surface area contributed by atoms with Crippen LogP contribution in [0.15, 0.2) is 30.6 Å². The van der Waals surface area contributed by atoms with E-state index in [4.69, 9.17) is 23.9 Å². The highest BCUT2D eigenvalue weighted by Crippen LogP contribution is 2.35. The van der Waals surface area contributed by atoms with Gasteiger partial charge in [0.1, 0.15) is 35.9 Å². The van der Waals surface area contributed by atoms with E-state index in [-0.39, 0.29) is 37.4 Å². The molecule has 0 unspecified atom stereocenters. The van der Waals surface area contributed by atoms with Gasteiger partial charge in [0.15, 0.2) is 17.2 Å². The van der Waals surface area contributed by atoms with Crippen LogP contribution in [0.5, 0.6) is 11.5 Å². The number of hydrogen-bond donors (Lipinski definition) is 1. The number of nitrogens with zero attached hydrogens (tertiary/aromatic N) is 4. The molecule has 0 saturated heterocycles. The third-order valence-electron chi connectivity index (χ3n) is 5.84. The molecule has 0 fully saturated rings. The summed E-state index contributed by atoms with van der Waals surface area (Å²) in [5, 5.41) is 6.94. The summed E-state index contributed by atoms with van der Waals surface area (Å²) in [4.78, 5) is 31.2. The average molecular weight is 544 g/mol. The molecule has 1 amide bonds. The first-order valence-electron chi connectivity index (χ1n) is 12.8. The Morgan fingerprint density at radius 1 is 1.31 bits per heavy atom. The van der Waals surface area contributed by atoms with E-state index in [0.29, 0.717) is 35.1 Å². The molecule has 2 atom stereocenters. The first-order chi connectivity index (χ1) is 18.4. The number of nitrogens with one attached hydrogen (secondary N) is 1. The zero-order chi connectivity index (χ0) is 28.3. The van der Waals surface area contributed by atoms with Crippen molar-refractivity contribution in [2.24, 2.45) is 0 Å². The number of anilines is 1. The van der Waals surface area contributed by atoms with Gasteiger partial charge in [0.2, 0.25) is 0 Å². The van der Waals surface area contributed by atoms with E-state index in [9.17, 15) is 14.0 Å². The van der Waals surface area contributed by atoms with Crippen molar-refractivity contribution < 1.29 is 32.9 Å². The fourth-order valence-electron chi connectivity index (χ4n) is 4.05. The number of amides is 1. The van der Waals surface area contributed by atoms with Crippen molar-refractivity contribution in [1.29, 1.82) is 0 Å². The number of fused-ring (bicyclic) bond motifs is 2. The van der Waals surface area contributed by atoms with E-state index in [0.717, 1.165) is 0 Å². The molecule has 2 aromatic heterocycles. The highest BCUT2D eigenvalue weighted by molar-refractivity contribution is 5.96. The molecule has 1 aliphatic heterocycles. The van der Waals surface area contributed by atoms with Crippen LogP contribution in [0.2, 0.25) is 0 Å². The average Bonchev–Trinajstić information content (AvgIpc) is 3.26. The molecule has 3 heterocycles. The molecule has 1 aliphatic rings. The number of carbonyl (C=O) groups is 2. The van der Waals surface area contributed by atoms with Crippen molar-refractivity contribution in [1.82, 2.24) is 19.9 Å². The van der Waals surface area contributed by atoms with E-state index in [1.807, 2.05) is 11.8 Å². The van der Waals surface area contributed by atoms with Crippen LogP contribution >= 0.6 is 0 Å². The second-order valence-corrected chi connectivity index (χ2v) is 10.4. The van der Waals surface area contributed by atoms with Crippen LogP contribution in [0.25, 0.3) is 5.65 Å². The summed E-state index contributed by atoms with van der Waals surface area (Å²) in [5.74, 6) is 0.496. The molecule has 0 radical (unpaired) electrons. The normalized spacial score (nSPS) is 15.8. The molecule has 1 N–H and O–H groups in total. The Morgan fingerprint density at radius 3 is 2.79 bits per heavy atom. The summed E-state index contributed by atoms with van der Waals surface area (Å²) in [6, 6.07) is 3.80. The maximum absolute atomic E-state index is 14.4. The molecule has 12 heteroatoms. The summed E-state index contributed by atoms with van der Waals surface area (Å²) >= 11 is 0. The van der Waals surface area contributed by atoms with Crippen LogP contribution in [0, 0.1) is 5.82 Å². The van der Waals surface area contributed by atoms with Crippen molar-refractivity contribution in [3.8, 4) is 11.5 Å². The van der Waals surface area contributed by atoms with Gasteiger partial charge in [-0.05, 0) is 59.7 Å². The van der Waals surface area contributed by atoms with Gasteiger partial charge in [0.05, 0.1) is 31.1 Å². The lowest BCUT2D eigenvalue weighted by atomic mass is 10.1. The second-order valence-electron chi connectivity index (χ2n) is 10.4. The molecule has 39 heavy (non-hydrogen) atoms. The fourth-order valence-corrected chi connectivity index (χ4v) is 4.05. The highest BCUT2D eigenvalue weighted by atomic mass is 19.1. The van der Waals surface area contributed by atoms with Crippen LogP contribution < -0.4 is 19.7 Å². The summed E-state index contributed by atoms with van der Waals surface area (Å²) in [6.07, 6.45) is 2.52. The minimum Gasteiger partial charge on any atom is -0.491 e. The topological polar surface area (TPSA) is 117 Å². The Bertz CT molecular complexity index is 1350. The number of carbonyl (C=O) groups excluding carboxylic acids is 2. The standard InChI is InChI=1S/C27H34FN5O6/c1-7-36-25(34)20-11-29-33-13-22-24(31-23(20)33)32(17(3)15-38-22)12-18-10-19(28)8-9-21(18)37-14-16(2)30-26(35)39-27(4,5)6/h8-11,13,16-17H,7,12,14-15H2,1-6H3,(H,30,35)/t16-,17-/m1/s1. The Kier molecular flexibility index (Phi) is 8.12. The third kappa shape index (κ3) is 6.68. The molecule has 0 saturated carbocycles. The van der Waals surface area contributed by atoms with Crippen LogP contribution in [-0.4, -0.2) is 64.2 Å². The lowest BCUT2D eigenvalue weighted by Gasteiger charge is -2.36. The molecule has 11 nitrogen and oxygen atoms in total. The number of rotatable bonds is 8. The van der Waals surface area contributed by atoms with Crippen molar-refractivity contribution >= 4 is 23.5 Å². The Labute approximate surface area is 226 Å². The zero-order valence-corrected chi connectivity index (χ0v) is 23.0. The quantitative estimate of drug-likeness (QED) is 0.419. The maximum atomic E-state index is 14.4. The second kappa shape index (κ2) is 11.3. The maximum Gasteiger partial charge on any atom is 0.407 e. The third-order valence-corrected chi connectivity index (χ3v) is 5.84. The van der Waals surface area contributed by atoms with Crippen molar-refractivity contribution in [2.75, 3.05) is 24.7 Å². The summed E-state index contributed by atoms with van der Waals surface area (Å²) < 4.78 is 38.1. The van der Waals surface area contributed by atoms with Crippen molar-refractivity contribution in [2.45, 2.75) is 65.8 Å². The van der Waals surface area contributed by atoms with Gasteiger partial charge in [0.25, 0.3) is 0 Å². The summed E-state index contributed by atoms with van der Waals surface area (Å²) in [6.45, 7) is 11.8. The smallest absolute Gasteiger partial charge is 0.407 e. The number of esters is 1. The minimum absolute atomic E-state index is 0.120. The Morgan fingerprint density at radius 2 is 2.08 bits per heavy atom. The van der Waals surface area contributed by atoms with E-state index in [1.54, 1.807) is 46.9 Å². The summed E-state index contributed by atoms with van der Waals surface area (Å²) in [7, 11) is 0. The molecule has 0 spiro atoms. The zero-order valence-electron chi connectivity index (χ0n) is 23.0. The van der Waals surface area contributed by atoms with Crippen molar-refractivity contribution in [3.63, 3.8) is 0 Å². The van der Waals surface area contributed by atoms with Crippen LogP contribution in [0.3, 0.4) is 0 Å². The Balaban J connectivity index is 1.56. The van der Waals surface area contributed by atoms with E-state index in [2.05, 4.69) is 10.4 Å². The van der Waals surface area contributed by atoms with Crippen LogP contribution in [0.1, 0.15) is 57.5 Å². The van der Waals surface area contributed by atoms with Gasteiger partial charge in [-0.2, -0.15) is 5.10 Å². The van der Waals surface area contributed by atoms with Crippen LogP contribution in [-0.2, 0) is 16.0 Å². The predicted molar refractivity (Wildman–Crippen MR) is 141 cm³/mol. The van der Waals surface area contributed by atoms with Crippen LogP contribution in [0.4, 0.5) is 15.0 Å². The number of alkyl carbamates (subject to hydrolysis) is 1. The minimum atomic E-state index is -0.618. The monoisotopic (exact) mass is 543 g/mol. The molecule has 0 aliphatic carbocycles. The van der Waals surface area contributed by atoms with Crippen molar-refractivity contribution in [3.05, 3.63) is 47.5 Å². The molecule has 1 aromatic carbocycles. The van der Waals surface area contributed by atoms with Gasteiger partial charge in [0, 0.05) is 12.1 Å². The SMILES string of the molecule is CCOC(=O)c1cnn2cc3c(nc12)N(Cc1cc(F)ccc1OC[C@@H](C)NC(=O)OC(C)(C)C)[C@H](C)CO3. The Hall–Kier alpha value is -4.09. The van der Waals surface area contributed by atoms with E-state index < -0.39 is 23.5 Å². The largest absolute Gasteiger partial charge is 0.491 e. The van der Waals surface area contributed by atoms with Gasteiger partial charge in [-0.1, -0.05) is 0 Å². The number of halogens is 1. The molecule has 3 aromatic rings. The fraction of sp³-hybridized carbons (Fsp3) is 0.481. The number of benzene rings is 1. The number of hydrogen-bond acceptors (Lipinski definition) is 9. The molecule has 0 bridgehead atoms. The molecule has 210 valence electrons. The lowest BCUT2D eigenvalue weighted by molar-refractivity contribution is 0.0491. The van der Waals surface area contributed by atoms with Gasteiger partial charge in [-0.15, -0.1) is 0 Å². The van der Waals surface area contributed by atoms with Gasteiger partial charge in [-0.25, -0.2) is 23.5 Å². The lowest BCUT2D eigenvalue weighted by Crippen LogP contribution is -2.41. The summed E-state index contributed by atoms with van der Waals surface area (Å²) in [5.41, 5.74) is 0.528. The predicted octanol–water partition coefficient (Wildman–Crippen LogP) is 4.12. The number of aromatic nitrogens is 3. The van der Waals surface area contributed by atoms with Gasteiger partial charge in [-0.3, -0.25) is 0 Å².